The summed E-state index contributed by atoms with van der Waals surface area (Å²) in [6.07, 6.45) is 11.5. The van der Waals surface area contributed by atoms with E-state index < -0.39 is 0 Å². The lowest BCUT2D eigenvalue weighted by Crippen LogP contribution is -2.55. The maximum absolute atomic E-state index is 12.0. The van der Waals surface area contributed by atoms with Gasteiger partial charge in [-0.15, -0.1) is 0 Å². The molecule has 3 aliphatic rings. The Balaban J connectivity index is 1.50. The van der Waals surface area contributed by atoms with Crippen molar-refractivity contribution >= 4 is 6.03 Å². The van der Waals surface area contributed by atoms with Crippen molar-refractivity contribution in [2.24, 2.45) is 5.41 Å². The first-order chi connectivity index (χ1) is 11.7. The zero-order chi connectivity index (χ0) is 16.8. The third-order valence-corrected chi connectivity index (χ3v) is 6.42. The number of amides is 2. The number of urea groups is 1. The first-order valence-electron chi connectivity index (χ1n) is 9.98. The molecule has 0 radical (unpaired) electrons. The maximum atomic E-state index is 12.0. The lowest BCUT2D eigenvalue weighted by molar-refractivity contribution is 0.0402. The van der Waals surface area contributed by atoms with Crippen molar-refractivity contribution in [3.05, 3.63) is 0 Å². The Kier molecular flexibility index (Phi) is 6.39. The van der Waals surface area contributed by atoms with Crippen LogP contribution in [0.5, 0.6) is 0 Å². The van der Waals surface area contributed by atoms with Crippen LogP contribution in [-0.2, 0) is 4.74 Å². The predicted molar refractivity (Wildman–Crippen MR) is 96.2 cm³/mol. The average molecular weight is 338 g/mol. The zero-order valence-corrected chi connectivity index (χ0v) is 15.4. The van der Waals surface area contributed by atoms with Crippen LogP contribution in [0.25, 0.3) is 0 Å². The van der Waals surface area contributed by atoms with Crippen molar-refractivity contribution in [3.8, 4) is 0 Å². The topological polar surface area (TPSA) is 44.8 Å². The summed E-state index contributed by atoms with van der Waals surface area (Å²) in [4.78, 5) is 16.8. The molecule has 0 aromatic carbocycles. The van der Waals surface area contributed by atoms with Gasteiger partial charge in [0, 0.05) is 52.5 Å². The van der Waals surface area contributed by atoms with Crippen LogP contribution in [-0.4, -0.2) is 68.3 Å². The van der Waals surface area contributed by atoms with Gasteiger partial charge in [0.1, 0.15) is 0 Å². The van der Waals surface area contributed by atoms with E-state index in [1.165, 1.54) is 45.1 Å². The zero-order valence-electron chi connectivity index (χ0n) is 15.4. The number of likely N-dealkylation sites (tertiary alicyclic amines) is 1. The standard InChI is InChI=1S/C19H35N3O2/c1-24-15-10-19(8-3-2-4-9-19)16-21-13-6-17(7-14-21)22-12-5-11-20-18(22)23/h17H,2-16H2,1H3,(H,20,23). The summed E-state index contributed by atoms with van der Waals surface area (Å²) >= 11 is 0. The number of hydrogen-bond acceptors (Lipinski definition) is 3. The molecule has 0 aromatic rings. The largest absolute Gasteiger partial charge is 0.385 e. The number of carbonyl (C=O) groups is 1. The van der Waals surface area contributed by atoms with Gasteiger partial charge in [0.15, 0.2) is 0 Å². The summed E-state index contributed by atoms with van der Waals surface area (Å²) in [5.41, 5.74) is 0.476. The molecule has 2 amide bonds. The Morgan fingerprint density at radius 3 is 2.54 bits per heavy atom. The Labute approximate surface area is 147 Å². The van der Waals surface area contributed by atoms with Crippen molar-refractivity contribution in [1.82, 2.24) is 15.1 Å². The number of carbonyl (C=O) groups excluding carboxylic acids is 1. The van der Waals surface area contributed by atoms with Crippen molar-refractivity contribution in [2.45, 2.75) is 63.8 Å². The lowest BCUT2D eigenvalue weighted by atomic mass is 9.71. The molecule has 0 spiro atoms. The molecule has 1 saturated carbocycles. The predicted octanol–water partition coefficient (Wildman–Crippen LogP) is 2.85. The fraction of sp³-hybridized carbons (Fsp3) is 0.947. The normalized spacial score (nSPS) is 26.4. The van der Waals surface area contributed by atoms with Crippen molar-refractivity contribution in [1.29, 1.82) is 0 Å². The van der Waals surface area contributed by atoms with E-state index in [1.807, 2.05) is 7.11 Å². The number of nitrogens with zero attached hydrogens (tertiary/aromatic N) is 2. The van der Waals surface area contributed by atoms with Gasteiger partial charge in [0.2, 0.25) is 0 Å². The fourth-order valence-electron chi connectivity index (χ4n) is 4.97. The first-order valence-corrected chi connectivity index (χ1v) is 9.98. The number of nitrogens with one attached hydrogen (secondary N) is 1. The Bertz CT molecular complexity index is 401. The molecule has 0 aromatic heterocycles. The monoisotopic (exact) mass is 337 g/mol. The van der Waals surface area contributed by atoms with E-state index in [4.69, 9.17) is 4.74 Å². The molecular weight excluding hydrogens is 302 g/mol. The van der Waals surface area contributed by atoms with Gasteiger partial charge >= 0.3 is 6.03 Å². The summed E-state index contributed by atoms with van der Waals surface area (Å²) in [5, 5.41) is 2.99. The minimum Gasteiger partial charge on any atom is -0.385 e. The minimum absolute atomic E-state index is 0.156. The molecule has 2 saturated heterocycles. The molecule has 0 atom stereocenters. The van der Waals surface area contributed by atoms with Gasteiger partial charge in [-0.25, -0.2) is 4.79 Å². The van der Waals surface area contributed by atoms with Crippen LogP contribution in [0.3, 0.4) is 0 Å². The fourth-order valence-corrected chi connectivity index (χ4v) is 4.97. The van der Waals surface area contributed by atoms with Crippen LogP contribution in [0.15, 0.2) is 0 Å². The second-order valence-electron chi connectivity index (χ2n) is 8.09. The maximum Gasteiger partial charge on any atom is 0.317 e. The highest BCUT2D eigenvalue weighted by Crippen LogP contribution is 2.40. The summed E-state index contributed by atoms with van der Waals surface area (Å²) in [6, 6.07) is 0.603. The third kappa shape index (κ3) is 4.42. The van der Waals surface area contributed by atoms with Crippen LogP contribution < -0.4 is 5.32 Å². The highest BCUT2D eigenvalue weighted by Gasteiger charge is 2.36. The molecule has 138 valence electrons. The van der Waals surface area contributed by atoms with Crippen LogP contribution in [0, 0.1) is 5.41 Å². The van der Waals surface area contributed by atoms with E-state index >= 15 is 0 Å². The van der Waals surface area contributed by atoms with Gasteiger partial charge < -0.3 is 19.9 Å². The molecule has 3 rings (SSSR count). The number of ether oxygens (including phenoxy) is 1. The SMILES string of the molecule is COCCC1(CN2CCC(N3CCCNC3=O)CC2)CCCCC1. The van der Waals surface area contributed by atoms with Crippen LogP contribution >= 0.6 is 0 Å². The summed E-state index contributed by atoms with van der Waals surface area (Å²) in [7, 11) is 1.83. The first kappa shape index (κ1) is 18.0. The molecule has 3 fully saturated rings. The Morgan fingerprint density at radius 2 is 1.88 bits per heavy atom. The van der Waals surface area contributed by atoms with Gasteiger partial charge in [-0.2, -0.15) is 0 Å². The van der Waals surface area contributed by atoms with Gasteiger partial charge in [-0.05, 0) is 43.9 Å². The van der Waals surface area contributed by atoms with E-state index in [2.05, 4.69) is 15.1 Å². The number of methoxy groups -OCH3 is 1. The molecule has 2 aliphatic heterocycles. The van der Waals surface area contributed by atoms with Gasteiger partial charge in [0.05, 0.1) is 0 Å². The number of hydrogen-bond donors (Lipinski definition) is 1. The van der Waals surface area contributed by atoms with E-state index in [0.717, 1.165) is 52.0 Å². The summed E-state index contributed by atoms with van der Waals surface area (Å²) < 4.78 is 5.40. The van der Waals surface area contributed by atoms with Gasteiger partial charge in [0.25, 0.3) is 0 Å². The van der Waals surface area contributed by atoms with Crippen molar-refractivity contribution in [3.63, 3.8) is 0 Å². The van der Waals surface area contributed by atoms with E-state index in [0.29, 0.717) is 11.5 Å². The molecule has 5 heteroatoms. The molecule has 1 aliphatic carbocycles. The second kappa shape index (κ2) is 8.52. The quantitative estimate of drug-likeness (QED) is 0.810. The molecule has 0 bridgehead atoms. The van der Waals surface area contributed by atoms with Crippen LogP contribution in [0.4, 0.5) is 4.79 Å². The molecule has 0 unspecified atom stereocenters. The van der Waals surface area contributed by atoms with Crippen molar-refractivity contribution < 1.29 is 9.53 Å². The van der Waals surface area contributed by atoms with E-state index in [-0.39, 0.29) is 6.03 Å². The van der Waals surface area contributed by atoms with E-state index in [9.17, 15) is 4.79 Å². The molecule has 24 heavy (non-hydrogen) atoms. The number of rotatable bonds is 6. The van der Waals surface area contributed by atoms with Gasteiger partial charge in [-0.1, -0.05) is 19.3 Å². The highest BCUT2D eigenvalue weighted by atomic mass is 16.5. The summed E-state index contributed by atoms with van der Waals surface area (Å²) in [5.74, 6) is 0. The Morgan fingerprint density at radius 1 is 1.12 bits per heavy atom. The third-order valence-electron chi connectivity index (χ3n) is 6.42. The number of piperidine rings is 1. The summed E-state index contributed by atoms with van der Waals surface area (Å²) in [6.45, 7) is 6.19. The van der Waals surface area contributed by atoms with Crippen molar-refractivity contribution in [2.75, 3.05) is 46.4 Å². The van der Waals surface area contributed by atoms with Gasteiger partial charge in [-0.3, -0.25) is 0 Å². The molecule has 2 heterocycles. The minimum atomic E-state index is 0.156. The smallest absolute Gasteiger partial charge is 0.317 e. The average Bonchev–Trinajstić information content (AvgIpc) is 2.62. The van der Waals surface area contributed by atoms with E-state index in [1.54, 1.807) is 0 Å². The van der Waals surface area contributed by atoms with Crippen LogP contribution in [0.1, 0.15) is 57.8 Å². The molecule has 5 nitrogen and oxygen atoms in total. The highest BCUT2D eigenvalue weighted by molar-refractivity contribution is 5.75. The molecular formula is C19H35N3O2. The second-order valence-corrected chi connectivity index (χ2v) is 8.09. The van der Waals surface area contributed by atoms with Crippen LogP contribution in [0.2, 0.25) is 0 Å². The Hall–Kier alpha value is -0.810. The lowest BCUT2D eigenvalue weighted by Gasteiger charge is -2.45. The molecule has 1 N–H and O–H groups in total.